The second kappa shape index (κ2) is 9.91. The lowest BCUT2D eigenvalue weighted by molar-refractivity contribution is -0.117. The maximum atomic E-state index is 13.0. The average Bonchev–Trinajstić information content (AvgIpc) is 3.47. The van der Waals surface area contributed by atoms with Gasteiger partial charge in [-0.25, -0.2) is 0 Å². The van der Waals surface area contributed by atoms with E-state index in [4.69, 9.17) is 9.15 Å². The Kier molecular flexibility index (Phi) is 6.59. The molecule has 0 spiro atoms. The Hall–Kier alpha value is -4.26. The number of aromatic amines is 1. The van der Waals surface area contributed by atoms with Gasteiger partial charge in [0.2, 0.25) is 0 Å². The maximum absolute atomic E-state index is 13.0. The molecule has 0 aliphatic carbocycles. The van der Waals surface area contributed by atoms with Crippen molar-refractivity contribution in [3.8, 4) is 5.75 Å². The van der Waals surface area contributed by atoms with Gasteiger partial charge in [-0.15, -0.1) is 0 Å². The fourth-order valence-electron chi connectivity index (χ4n) is 3.67. The lowest BCUT2D eigenvalue weighted by atomic mass is 10.1. The Bertz CT molecular complexity index is 1290. The zero-order valence-electron chi connectivity index (χ0n) is 18.5. The number of hydrogen-bond acceptors (Lipinski definition) is 4. The number of hydrogen-bond donors (Lipinski definition) is 3. The highest BCUT2D eigenvalue weighted by Gasteiger charge is 2.17. The minimum atomic E-state index is -0.498. The predicted octanol–water partition coefficient (Wildman–Crippen LogP) is 4.21. The van der Waals surface area contributed by atoms with Gasteiger partial charge >= 0.3 is 0 Å². The van der Waals surface area contributed by atoms with Gasteiger partial charge < -0.3 is 24.8 Å². The number of methoxy groups -OCH3 is 1. The van der Waals surface area contributed by atoms with E-state index >= 15 is 0 Å². The molecule has 0 unspecified atom stereocenters. The van der Waals surface area contributed by atoms with Gasteiger partial charge in [0, 0.05) is 23.1 Å². The van der Waals surface area contributed by atoms with Gasteiger partial charge in [0.1, 0.15) is 11.4 Å². The van der Waals surface area contributed by atoms with Crippen molar-refractivity contribution in [2.24, 2.45) is 0 Å². The molecule has 0 bridgehead atoms. The molecule has 7 nitrogen and oxygen atoms in total. The molecule has 7 heteroatoms. The molecule has 0 aliphatic heterocycles. The van der Waals surface area contributed by atoms with Crippen LogP contribution in [0.25, 0.3) is 17.0 Å². The van der Waals surface area contributed by atoms with E-state index < -0.39 is 5.91 Å². The molecular weight excluding hydrogens is 418 g/mol. The average molecular weight is 444 g/mol. The van der Waals surface area contributed by atoms with Crippen LogP contribution >= 0.6 is 0 Å². The SMILES string of the molecule is COc1ccc(/C=C(\NC(=O)c2ccco2)C(=O)NCCc2c(C)[nH]c3ccccc23)cc1. The molecule has 0 radical (unpaired) electrons. The number of aryl methyl sites for hydroxylation is 1. The number of aromatic nitrogens is 1. The Morgan fingerprint density at radius 1 is 1.06 bits per heavy atom. The van der Waals surface area contributed by atoms with Crippen LogP contribution in [0.3, 0.4) is 0 Å². The first kappa shape index (κ1) is 22.0. The molecule has 2 aromatic heterocycles. The van der Waals surface area contributed by atoms with Gasteiger partial charge in [-0.05, 0) is 60.9 Å². The number of furan rings is 1. The number of nitrogens with one attached hydrogen (secondary N) is 3. The van der Waals surface area contributed by atoms with E-state index in [0.717, 1.165) is 27.7 Å². The topological polar surface area (TPSA) is 96.4 Å². The molecule has 0 atom stereocenters. The molecule has 0 saturated heterocycles. The van der Waals surface area contributed by atoms with Crippen molar-refractivity contribution in [3.05, 3.63) is 95.2 Å². The Labute approximate surface area is 191 Å². The van der Waals surface area contributed by atoms with Crippen molar-refractivity contribution >= 4 is 28.8 Å². The van der Waals surface area contributed by atoms with E-state index in [1.165, 1.54) is 12.3 Å². The summed E-state index contributed by atoms with van der Waals surface area (Å²) in [5.74, 6) is -0.0599. The minimum absolute atomic E-state index is 0.122. The Balaban J connectivity index is 1.49. The number of para-hydroxylation sites is 1. The molecule has 2 aromatic carbocycles. The van der Waals surface area contributed by atoms with Gasteiger partial charge in [0.05, 0.1) is 13.4 Å². The fourth-order valence-corrected chi connectivity index (χ4v) is 3.67. The van der Waals surface area contributed by atoms with Gasteiger partial charge in [-0.1, -0.05) is 30.3 Å². The largest absolute Gasteiger partial charge is 0.497 e. The number of H-pyrrole nitrogens is 1. The van der Waals surface area contributed by atoms with Gasteiger partial charge in [-0.2, -0.15) is 0 Å². The number of rotatable bonds is 8. The summed E-state index contributed by atoms with van der Waals surface area (Å²) in [6, 6.07) is 18.4. The number of ether oxygens (including phenoxy) is 1. The van der Waals surface area contributed by atoms with Crippen molar-refractivity contribution < 1.29 is 18.7 Å². The first-order valence-electron chi connectivity index (χ1n) is 10.6. The molecule has 3 N–H and O–H groups in total. The van der Waals surface area contributed by atoms with E-state index in [1.54, 1.807) is 43.5 Å². The smallest absolute Gasteiger partial charge is 0.291 e. The molecule has 2 amide bonds. The van der Waals surface area contributed by atoms with Crippen LogP contribution < -0.4 is 15.4 Å². The number of benzene rings is 2. The highest BCUT2D eigenvalue weighted by atomic mass is 16.5. The third-order valence-corrected chi connectivity index (χ3v) is 5.35. The lowest BCUT2D eigenvalue weighted by Gasteiger charge is -2.11. The van der Waals surface area contributed by atoms with E-state index in [2.05, 4.69) is 21.7 Å². The number of carbonyl (C=O) groups excluding carboxylic acids is 2. The summed E-state index contributed by atoms with van der Waals surface area (Å²) in [5, 5.41) is 6.72. The van der Waals surface area contributed by atoms with Crippen LogP contribution in [0.2, 0.25) is 0 Å². The molecule has 4 aromatic rings. The summed E-state index contributed by atoms with van der Waals surface area (Å²) < 4.78 is 10.3. The van der Waals surface area contributed by atoms with Crippen molar-refractivity contribution in [2.75, 3.05) is 13.7 Å². The van der Waals surface area contributed by atoms with Gasteiger partial charge in [0.15, 0.2) is 5.76 Å². The maximum Gasteiger partial charge on any atom is 0.291 e. The van der Waals surface area contributed by atoms with Crippen LogP contribution in [0.4, 0.5) is 0 Å². The molecule has 0 aliphatic rings. The third kappa shape index (κ3) is 5.15. The van der Waals surface area contributed by atoms with Crippen LogP contribution in [0, 0.1) is 6.92 Å². The second-order valence-corrected chi connectivity index (χ2v) is 7.54. The van der Waals surface area contributed by atoms with Gasteiger partial charge in [0.25, 0.3) is 11.8 Å². The molecule has 0 saturated carbocycles. The first-order chi connectivity index (χ1) is 16.0. The minimum Gasteiger partial charge on any atom is -0.497 e. The highest BCUT2D eigenvalue weighted by Crippen LogP contribution is 2.22. The van der Waals surface area contributed by atoms with E-state index in [1.807, 2.05) is 25.1 Å². The number of amides is 2. The standard InChI is InChI=1S/C26H25N3O4/c1-17-20(21-6-3-4-7-22(21)28-17)13-14-27-25(30)23(29-26(31)24-8-5-15-33-24)16-18-9-11-19(32-2)12-10-18/h3-12,15-16,28H,13-14H2,1-2H3,(H,27,30)(H,29,31)/b23-16-. The van der Waals surface area contributed by atoms with E-state index in [9.17, 15) is 9.59 Å². The van der Waals surface area contributed by atoms with Crippen molar-refractivity contribution in [1.29, 1.82) is 0 Å². The zero-order chi connectivity index (χ0) is 23.2. The summed E-state index contributed by atoms with van der Waals surface area (Å²) in [6.45, 7) is 2.44. The lowest BCUT2D eigenvalue weighted by Crippen LogP contribution is -2.35. The highest BCUT2D eigenvalue weighted by molar-refractivity contribution is 6.04. The van der Waals surface area contributed by atoms with Crippen molar-refractivity contribution in [3.63, 3.8) is 0 Å². The van der Waals surface area contributed by atoms with Crippen LogP contribution in [-0.2, 0) is 11.2 Å². The summed E-state index contributed by atoms with van der Waals surface area (Å²) >= 11 is 0. The third-order valence-electron chi connectivity index (χ3n) is 5.35. The molecule has 168 valence electrons. The quantitative estimate of drug-likeness (QED) is 0.356. The fraction of sp³-hybridized carbons (Fsp3) is 0.154. The summed E-state index contributed by atoms with van der Waals surface area (Å²) in [6.07, 6.45) is 3.68. The van der Waals surface area contributed by atoms with E-state index in [-0.39, 0.29) is 17.4 Å². The van der Waals surface area contributed by atoms with Crippen LogP contribution in [0.1, 0.15) is 27.4 Å². The van der Waals surface area contributed by atoms with Crippen LogP contribution in [0.5, 0.6) is 5.75 Å². The zero-order valence-corrected chi connectivity index (χ0v) is 18.5. The Morgan fingerprint density at radius 3 is 2.58 bits per heavy atom. The summed E-state index contributed by atoms with van der Waals surface area (Å²) in [5.41, 5.74) is 4.17. The van der Waals surface area contributed by atoms with Gasteiger partial charge in [-0.3, -0.25) is 9.59 Å². The first-order valence-corrected chi connectivity index (χ1v) is 10.6. The monoisotopic (exact) mass is 443 g/mol. The van der Waals surface area contributed by atoms with E-state index in [0.29, 0.717) is 18.7 Å². The normalized spacial score (nSPS) is 11.4. The van der Waals surface area contributed by atoms with Crippen molar-refractivity contribution in [1.82, 2.24) is 15.6 Å². The number of fused-ring (bicyclic) bond motifs is 1. The second-order valence-electron chi connectivity index (χ2n) is 7.54. The molecular formula is C26H25N3O4. The summed E-state index contributed by atoms with van der Waals surface area (Å²) in [7, 11) is 1.59. The molecule has 2 heterocycles. The summed E-state index contributed by atoms with van der Waals surface area (Å²) in [4.78, 5) is 28.9. The molecule has 0 fully saturated rings. The molecule has 4 rings (SSSR count). The van der Waals surface area contributed by atoms with Crippen LogP contribution in [0.15, 0.2) is 77.0 Å². The van der Waals surface area contributed by atoms with Crippen LogP contribution in [-0.4, -0.2) is 30.5 Å². The molecule has 33 heavy (non-hydrogen) atoms. The predicted molar refractivity (Wildman–Crippen MR) is 127 cm³/mol. The number of carbonyl (C=O) groups is 2. The Morgan fingerprint density at radius 2 is 1.85 bits per heavy atom. The van der Waals surface area contributed by atoms with Crippen molar-refractivity contribution in [2.45, 2.75) is 13.3 Å².